The second-order valence-electron chi connectivity index (χ2n) is 12.1. The Morgan fingerprint density at radius 1 is 1.05 bits per heavy atom. The molecule has 0 atom stereocenters. The minimum atomic E-state index is -4.35. The maximum Gasteiger partial charge on any atom is 0.416 e. The molecule has 1 N–H and O–H groups in total. The topological polar surface area (TPSA) is 61.4 Å². The van der Waals surface area contributed by atoms with Crippen LogP contribution in [0, 0.1) is 29.6 Å². The van der Waals surface area contributed by atoms with Crippen molar-refractivity contribution in [3.63, 3.8) is 0 Å². The molecule has 5 aliphatic rings. The number of aromatic nitrogens is 2. The Morgan fingerprint density at radius 2 is 1.74 bits per heavy atom. The first-order valence-electron chi connectivity index (χ1n) is 13.9. The lowest BCUT2D eigenvalue weighted by Gasteiger charge is -2.54. The number of likely N-dealkylation sites (N-methyl/N-ethyl adjacent to an activating group) is 1. The third-order valence-corrected chi connectivity index (χ3v) is 9.43. The van der Waals surface area contributed by atoms with Gasteiger partial charge in [-0.05, 0) is 92.9 Å². The number of carbonyl (C=O) groups is 1. The van der Waals surface area contributed by atoms with Gasteiger partial charge in [-0.25, -0.2) is 9.97 Å². The number of nitrogens with zero attached hydrogens (tertiary/aromatic N) is 4. The molecule has 1 aromatic heterocycles. The number of hydrogen-bond acceptors (Lipinski definition) is 5. The van der Waals surface area contributed by atoms with Crippen molar-refractivity contribution < 1.29 is 18.0 Å². The molecule has 4 bridgehead atoms. The molecule has 7 rings (SSSR count). The molecule has 4 aliphatic carbocycles. The largest absolute Gasteiger partial charge is 0.416 e. The molecule has 4 saturated carbocycles. The van der Waals surface area contributed by atoms with Crippen LogP contribution >= 0.6 is 0 Å². The molecule has 1 aromatic carbocycles. The number of anilines is 1. The molecule has 0 radical (unpaired) electrons. The predicted octanol–water partition coefficient (Wildman–Crippen LogP) is 5.00. The van der Waals surface area contributed by atoms with E-state index in [1.807, 2.05) is 16.8 Å². The smallest absolute Gasteiger partial charge is 0.369 e. The van der Waals surface area contributed by atoms with Gasteiger partial charge in [0.05, 0.1) is 24.3 Å². The van der Waals surface area contributed by atoms with E-state index in [2.05, 4.69) is 15.3 Å². The van der Waals surface area contributed by atoms with Crippen molar-refractivity contribution in [1.82, 2.24) is 19.8 Å². The van der Waals surface area contributed by atoms with E-state index >= 15 is 0 Å². The summed E-state index contributed by atoms with van der Waals surface area (Å²) in [6, 6.07) is 5.10. The fourth-order valence-corrected chi connectivity index (χ4v) is 7.80. The van der Waals surface area contributed by atoms with Gasteiger partial charge in [-0.3, -0.25) is 9.69 Å². The quantitative estimate of drug-likeness (QED) is 0.550. The molecular weight excluding hydrogens is 491 g/mol. The van der Waals surface area contributed by atoms with Crippen LogP contribution in [0.2, 0.25) is 0 Å². The summed E-state index contributed by atoms with van der Waals surface area (Å²) in [5, 5.41) is 3.68. The lowest BCUT2D eigenvalue weighted by atomic mass is 9.52. The molecule has 38 heavy (non-hydrogen) atoms. The summed E-state index contributed by atoms with van der Waals surface area (Å²) in [5.74, 6) is 5.33. The number of fused-ring (bicyclic) bond motifs is 1. The van der Waals surface area contributed by atoms with Crippen LogP contribution in [-0.2, 0) is 30.5 Å². The second-order valence-corrected chi connectivity index (χ2v) is 12.1. The zero-order chi connectivity index (χ0) is 26.4. The van der Waals surface area contributed by atoms with Crippen LogP contribution in [0.15, 0.2) is 30.6 Å². The second kappa shape index (κ2) is 10.1. The van der Waals surface area contributed by atoms with Crippen molar-refractivity contribution in [3.05, 3.63) is 53.0 Å². The van der Waals surface area contributed by atoms with E-state index in [4.69, 9.17) is 0 Å². The van der Waals surface area contributed by atoms with E-state index in [-0.39, 0.29) is 12.5 Å². The van der Waals surface area contributed by atoms with E-state index in [9.17, 15) is 18.0 Å². The first-order chi connectivity index (χ1) is 18.2. The van der Waals surface area contributed by atoms with E-state index in [0.29, 0.717) is 26.1 Å². The van der Waals surface area contributed by atoms with Gasteiger partial charge >= 0.3 is 6.18 Å². The van der Waals surface area contributed by atoms with Crippen LogP contribution in [-0.4, -0.2) is 52.4 Å². The monoisotopic (exact) mass is 527 g/mol. The van der Waals surface area contributed by atoms with Gasteiger partial charge in [-0.1, -0.05) is 12.1 Å². The summed E-state index contributed by atoms with van der Waals surface area (Å²) in [5.41, 5.74) is 2.09. The van der Waals surface area contributed by atoms with Crippen molar-refractivity contribution in [2.75, 3.05) is 32.0 Å². The Labute approximate surface area is 222 Å². The summed E-state index contributed by atoms with van der Waals surface area (Å²) in [6.07, 6.45) is 5.07. The van der Waals surface area contributed by atoms with Crippen molar-refractivity contribution in [2.45, 2.75) is 57.8 Å². The van der Waals surface area contributed by atoms with E-state index in [1.54, 1.807) is 6.33 Å². The third-order valence-electron chi connectivity index (χ3n) is 9.43. The SMILES string of the molecule is CN(CC(=O)N1CCc2c(ncnc2NCC2C3CC4CC(C3)CC2C4)C1)Cc1ccc(C(F)(F)F)cc1. The van der Waals surface area contributed by atoms with Crippen LogP contribution in [0.4, 0.5) is 19.0 Å². The highest BCUT2D eigenvalue weighted by atomic mass is 19.4. The molecule has 0 saturated heterocycles. The number of rotatable bonds is 7. The lowest BCUT2D eigenvalue weighted by molar-refractivity contribution is -0.137. The van der Waals surface area contributed by atoms with Crippen molar-refractivity contribution in [3.8, 4) is 0 Å². The Bertz CT molecular complexity index is 1140. The normalized spacial score (nSPS) is 28.0. The van der Waals surface area contributed by atoms with Gasteiger partial charge in [-0.15, -0.1) is 0 Å². The Kier molecular flexibility index (Phi) is 6.82. The van der Waals surface area contributed by atoms with Gasteiger partial charge in [0.1, 0.15) is 12.1 Å². The molecule has 2 aromatic rings. The average molecular weight is 528 g/mol. The first-order valence-corrected chi connectivity index (χ1v) is 13.9. The fraction of sp³-hybridized carbons (Fsp3) is 0.621. The van der Waals surface area contributed by atoms with Gasteiger partial charge in [0.15, 0.2) is 0 Å². The zero-order valence-corrected chi connectivity index (χ0v) is 21.9. The molecule has 0 spiro atoms. The average Bonchev–Trinajstić information content (AvgIpc) is 2.87. The number of halogens is 3. The third kappa shape index (κ3) is 5.26. The maximum atomic E-state index is 13.0. The highest BCUT2D eigenvalue weighted by Gasteiger charge is 2.48. The molecule has 6 nitrogen and oxygen atoms in total. The maximum absolute atomic E-state index is 13.0. The summed E-state index contributed by atoms with van der Waals surface area (Å²) in [7, 11) is 1.81. The standard InChI is InChI=1S/C29H36F3N5O/c1-36(14-18-2-4-23(5-3-18)29(30,31)32)16-27(38)37-7-6-24-26(15-37)34-17-35-28(24)33-13-25-21-9-19-8-20(11-21)12-22(25)10-19/h2-5,17,19-22,25H,6-16H2,1H3,(H,33,34,35). The number of hydrogen-bond donors (Lipinski definition) is 1. The van der Waals surface area contributed by atoms with Crippen molar-refractivity contribution in [1.29, 1.82) is 0 Å². The van der Waals surface area contributed by atoms with Gasteiger partial charge in [0, 0.05) is 25.2 Å². The number of nitrogens with one attached hydrogen (secondary N) is 1. The minimum absolute atomic E-state index is 0.00761. The lowest BCUT2D eigenvalue weighted by Crippen LogP contribution is -2.47. The predicted molar refractivity (Wildman–Crippen MR) is 138 cm³/mol. The number of carbonyl (C=O) groups excluding carboxylic acids is 1. The summed E-state index contributed by atoms with van der Waals surface area (Å²) >= 11 is 0. The van der Waals surface area contributed by atoms with Crippen LogP contribution in [0.25, 0.3) is 0 Å². The minimum Gasteiger partial charge on any atom is -0.369 e. The zero-order valence-electron chi connectivity index (χ0n) is 21.9. The molecule has 1 aliphatic heterocycles. The van der Waals surface area contributed by atoms with Crippen LogP contribution in [0.5, 0.6) is 0 Å². The molecule has 204 valence electrons. The van der Waals surface area contributed by atoms with Crippen LogP contribution < -0.4 is 5.32 Å². The Morgan fingerprint density at radius 3 is 2.39 bits per heavy atom. The summed E-state index contributed by atoms with van der Waals surface area (Å²) < 4.78 is 38.4. The van der Waals surface area contributed by atoms with Gasteiger partial charge in [0.2, 0.25) is 5.91 Å². The van der Waals surface area contributed by atoms with Crippen molar-refractivity contribution >= 4 is 11.7 Å². The molecular formula is C29H36F3N5O. The van der Waals surface area contributed by atoms with Crippen LogP contribution in [0.3, 0.4) is 0 Å². The number of alkyl halides is 3. The fourth-order valence-electron chi connectivity index (χ4n) is 7.80. The molecule has 0 unspecified atom stereocenters. The Hall–Kier alpha value is -2.68. The molecule has 9 heteroatoms. The summed E-state index contributed by atoms with van der Waals surface area (Å²) in [6.45, 7) is 2.64. The van der Waals surface area contributed by atoms with E-state index in [0.717, 1.165) is 70.9 Å². The highest BCUT2D eigenvalue weighted by Crippen LogP contribution is 2.56. The van der Waals surface area contributed by atoms with Gasteiger partial charge in [-0.2, -0.15) is 13.2 Å². The first kappa shape index (κ1) is 25.6. The van der Waals surface area contributed by atoms with Crippen molar-refractivity contribution in [2.24, 2.45) is 29.6 Å². The number of benzene rings is 1. The van der Waals surface area contributed by atoms with E-state index in [1.165, 1.54) is 44.2 Å². The van der Waals surface area contributed by atoms with E-state index < -0.39 is 11.7 Å². The molecule has 2 heterocycles. The Balaban J connectivity index is 1.03. The van der Waals surface area contributed by atoms with Gasteiger partial charge < -0.3 is 10.2 Å². The number of amides is 1. The van der Waals surface area contributed by atoms with Crippen LogP contribution in [0.1, 0.15) is 54.5 Å². The summed E-state index contributed by atoms with van der Waals surface area (Å²) in [4.78, 5) is 25.8. The van der Waals surface area contributed by atoms with Gasteiger partial charge in [0.25, 0.3) is 0 Å². The molecule has 4 fully saturated rings. The highest BCUT2D eigenvalue weighted by molar-refractivity contribution is 5.78. The molecule has 1 amide bonds.